The molecular weight excluding hydrogens is 366 g/mol. The minimum absolute atomic E-state index is 0.0868. The van der Waals surface area contributed by atoms with Crippen molar-refractivity contribution in [3.8, 4) is 0 Å². The molecule has 6 heteroatoms. The molecule has 0 aromatic carbocycles. The van der Waals surface area contributed by atoms with Gasteiger partial charge >= 0.3 is 0 Å². The molecule has 1 fully saturated rings. The van der Waals surface area contributed by atoms with E-state index in [2.05, 4.69) is 76.8 Å². The zero-order valence-corrected chi connectivity index (χ0v) is 20.8. The Bertz CT molecular complexity index is 437. The minimum Gasteiger partial charge on any atom is -0.413 e. The summed E-state index contributed by atoms with van der Waals surface area (Å²) in [7, 11) is 0.637. The molecule has 1 heterocycles. The Balaban J connectivity index is 3.03. The molecule has 25 heavy (non-hydrogen) atoms. The molecule has 0 aromatic rings. The van der Waals surface area contributed by atoms with Crippen LogP contribution in [0.4, 0.5) is 0 Å². The van der Waals surface area contributed by atoms with Crippen LogP contribution in [0.15, 0.2) is 12.7 Å². The van der Waals surface area contributed by atoms with Crippen LogP contribution in [-0.2, 0) is 13.9 Å². The van der Waals surface area contributed by atoms with Crippen LogP contribution < -0.4 is 0 Å². The van der Waals surface area contributed by atoms with Crippen LogP contribution in [-0.4, -0.2) is 39.8 Å². The molecule has 3 nitrogen and oxygen atoms in total. The van der Waals surface area contributed by atoms with E-state index >= 15 is 0 Å². The van der Waals surface area contributed by atoms with Gasteiger partial charge in [0.25, 0.3) is 0 Å². The van der Waals surface area contributed by atoms with Gasteiger partial charge in [-0.3, -0.25) is 0 Å². The first kappa shape index (κ1) is 23.7. The summed E-state index contributed by atoms with van der Waals surface area (Å²) in [6, 6.07) is -0.0868. The van der Waals surface area contributed by atoms with Crippen LogP contribution in [0.1, 0.15) is 41.5 Å². The van der Waals surface area contributed by atoms with Crippen LogP contribution in [0.25, 0.3) is 0 Å². The van der Waals surface area contributed by atoms with Crippen molar-refractivity contribution in [1.82, 2.24) is 0 Å². The third-order valence-electron chi connectivity index (χ3n) is 5.83. The van der Waals surface area contributed by atoms with Gasteiger partial charge in [0.1, 0.15) is 0 Å². The molecule has 1 rings (SSSR count). The molecule has 1 saturated heterocycles. The maximum absolute atomic E-state index is 6.86. The summed E-state index contributed by atoms with van der Waals surface area (Å²) in [5, 5.41) is 0.189. The molecule has 0 amide bonds. The first-order valence-electron chi connectivity index (χ1n) is 9.36. The summed E-state index contributed by atoms with van der Waals surface area (Å²) in [6.07, 6.45) is 2.30. The average molecular weight is 407 g/mol. The van der Waals surface area contributed by atoms with Gasteiger partial charge in [-0.25, -0.2) is 0 Å². The fraction of sp³-hybridized carbons (Fsp3) is 0.895. The lowest BCUT2D eigenvalue weighted by Crippen LogP contribution is -2.52. The van der Waals surface area contributed by atoms with Gasteiger partial charge in [0.05, 0.1) is 18.8 Å². The van der Waals surface area contributed by atoms with Gasteiger partial charge in [-0.15, -0.1) is 15.5 Å². The second kappa shape index (κ2) is 9.26. The molecule has 0 bridgehead atoms. The van der Waals surface area contributed by atoms with E-state index in [1.54, 1.807) is 0 Å². The third kappa shape index (κ3) is 6.09. The van der Waals surface area contributed by atoms with Gasteiger partial charge in [-0.2, -0.15) is 0 Å². The molecule has 1 aliphatic rings. The van der Waals surface area contributed by atoms with Gasteiger partial charge in [0, 0.05) is 11.8 Å². The second-order valence-electron chi connectivity index (χ2n) is 9.18. The monoisotopic (exact) mass is 406 g/mol. The molecule has 8 atom stereocenters. The van der Waals surface area contributed by atoms with E-state index in [1.165, 1.54) is 0 Å². The fourth-order valence-corrected chi connectivity index (χ4v) is 5.61. The summed E-state index contributed by atoms with van der Waals surface area (Å²) in [4.78, 5) is 0. The molecule has 1 aliphatic heterocycles. The third-order valence-corrected chi connectivity index (χ3v) is 12.0. The van der Waals surface area contributed by atoms with Crippen molar-refractivity contribution in [2.24, 2.45) is 17.8 Å². The normalized spacial score (nSPS) is 30.4. The van der Waals surface area contributed by atoms with E-state index in [0.717, 1.165) is 6.61 Å². The number of ether oxygens (including phenoxy) is 2. The summed E-state index contributed by atoms with van der Waals surface area (Å²) in [6.45, 7) is 25.2. The van der Waals surface area contributed by atoms with Crippen molar-refractivity contribution < 1.29 is 13.9 Å². The van der Waals surface area contributed by atoms with Crippen molar-refractivity contribution in [3.63, 3.8) is 0 Å². The highest BCUT2D eigenvalue weighted by Gasteiger charge is 2.44. The lowest BCUT2D eigenvalue weighted by Gasteiger charge is -2.46. The molecule has 3 unspecified atom stereocenters. The Morgan fingerprint density at radius 3 is 2.32 bits per heavy atom. The number of rotatable bonds is 7. The Morgan fingerprint density at radius 1 is 1.32 bits per heavy atom. The first-order chi connectivity index (χ1) is 11.3. The summed E-state index contributed by atoms with van der Waals surface area (Å²) >= 11 is 0. The molecule has 0 saturated carbocycles. The molecule has 0 aromatic heterocycles. The van der Waals surface area contributed by atoms with Gasteiger partial charge in [-0.05, 0) is 38.3 Å². The maximum Gasteiger partial charge on any atom is 0.192 e. The molecule has 148 valence electrons. The van der Waals surface area contributed by atoms with Crippen molar-refractivity contribution in [2.75, 3.05) is 13.3 Å². The van der Waals surface area contributed by atoms with Crippen LogP contribution in [0.5, 0.6) is 0 Å². The summed E-state index contributed by atoms with van der Waals surface area (Å²) in [5.74, 6) is 0.956. The largest absolute Gasteiger partial charge is 0.413 e. The van der Waals surface area contributed by atoms with Crippen LogP contribution in [0, 0.1) is 17.8 Å². The smallest absolute Gasteiger partial charge is 0.192 e. The fourth-order valence-electron chi connectivity index (χ4n) is 3.02. The minimum atomic E-state index is -1.87. The van der Waals surface area contributed by atoms with Crippen molar-refractivity contribution in [1.29, 1.82) is 0 Å². The Morgan fingerprint density at radius 2 is 1.88 bits per heavy atom. The summed E-state index contributed by atoms with van der Waals surface area (Å²) < 4.78 is 19.1. The highest BCUT2D eigenvalue weighted by Crippen LogP contribution is 2.50. The topological polar surface area (TPSA) is 27.7 Å². The number of hydrogen-bond donors (Lipinski definition) is 0. The SMILES string of the molecule is C=C[C@H](C)[C@@H](O[Si](C)(C)C(C)(C)C)[C@H](C)[C@H]1OC(P(C)P)OC[C@@H]1C. The highest BCUT2D eigenvalue weighted by atomic mass is 32.0. The molecule has 0 spiro atoms. The van der Waals surface area contributed by atoms with E-state index in [9.17, 15) is 0 Å². The quantitative estimate of drug-likeness (QED) is 0.292. The lowest BCUT2D eigenvalue weighted by molar-refractivity contribution is -0.212. The van der Waals surface area contributed by atoms with E-state index < -0.39 is 8.32 Å². The zero-order chi connectivity index (χ0) is 19.6. The summed E-state index contributed by atoms with van der Waals surface area (Å²) in [5.41, 5.74) is 0. The highest BCUT2D eigenvalue weighted by molar-refractivity contribution is 8.13. The van der Waals surface area contributed by atoms with Crippen LogP contribution in [0.2, 0.25) is 18.1 Å². The van der Waals surface area contributed by atoms with E-state index in [0.29, 0.717) is 17.8 Å². The first-order valence-corrected chi connectivity index (χ1v) is 15.7. The standard InChI is InChI=1S/C19H40O3P2Si/c1-11-13(2)17(22-25(9,10)19(5,6)7)15(4)16-14(3)12-20-18(21-16)24(8)23/h11,13-18H,1,12,23H2,2-10H3/t13-,14-,15+,16-,17+,18?,24?/m0/s1. The van der Waals surface area contributed by atoms with Crippen molar-refractivity contribution in [2.45, 2.75) is 77.9 Å². The van der Waals surface area contributed by atoms with Crippen molar-refractivity contribution >= 4 is 24.9 Å². The van der Waals surface area contributed by atoms with Gasteiger partial charge in [0.15, 0.2) is 14.3 Å². The number of hydrogen-bond acceptors (Lipinski definition) is 3. The van der Waals surface area contributed by atoms with E-state index in [4.69, 9.17) is 13.9 Å². The van der Waals surface area contributed by atoms with Crippen molar-refractivity contribution in [3.05, 3.63) is 12.7 Å². The van der Waals surface area contributed by atoms with Crippen LogP contribution >= 0.6 is 16.5 Å². The van der Waals surface area contributed by atoms with Gasteiger partial charge in [-0.1, -0.05) is 47.6 Å². The predicted octanol–water partition coefficient (Wildman–Crippen LogP) is 6.07. The Labute approximate surface area is 160 Å². The molecule has 0 N–H and O–H groups in total. The van der Waals surface area contributed by atoms with Gasteiger partial charge < -0.3 is 13.9 Å². The van der Waals surface area contributed by atoms with E-state index in [1.807, 2.05) is 6.08 Å². The Kier molecular flexibility index (Phi) is 8.79. The molecule has 0 aliphatic carbocycles. The average Bonchev–Trinajstić information content (AvgIpc) is 2.50. The lowest BCUT2D eigenvalue weighted by atomic mass is 9.84. The van der Waals surface area contributed by atoms with Crippen LogP contribution in [0.3, 0.4) is 0 Å². The van der Waals surface area contributed by atoms with E-state index in [-0.39, 0.29) is 30.9 Å². The Hall–Kier alpha value is 0.697. The maximum atomic E-state index is 6.86. The zero-order valence-electron chi connectivity index (χ0n) is 17.7. The van der Waals surface area contributed by atoms with Gasteiger partial charge in [0.2, 0.25) is 0 Å². The molecular formula is C19H40O3P2Si. The predicted molar refractivity (Wildman–Crippen MR) is 117 cm³/mol. The molecule has 0 radical (unpaired) electrons. The second-order valence-corrected chi connectivity index (χ2v) is 18.1.